The third kappa shape index (κ3) is 2.82. The lowest BCUT2D eigenvalue weighted by Gasteiger charge is -2.10. The number of nitriles is 1. The Morgan fingerprint density at radius 2 is 1.71 bits per heavy atom. The van der Waals surface area contributed by atoms with Gasteiger partial charge in [0.15, 0.2) is 5.69 Å². The number of anilines is 1. The van der Waals surface area contributed by atoms with E-state index in [0.29, 0.717) is 5.69 Å². The fourth-order valence-electron chi connectivity index (χ4n) is 2.29. The van der Waals surface area contributed by atoms with Crippen LogP contribution >= 0.6 is 0 Å². The molecular weight excluding hydrogens is 260 g/mol. The molecule has 0 amide bonds. The van der Waals surface area contributed by atoms with Crippen molar-refractivity contribution in [3.8, 4) is 6.07 Å². The van der Waals surface area contributed by atoms with Gasteiger partial charge in [0.25, 0.3) is 0 Å². The van der Waals surface area contributed by atoms with Crippen LogP contribution in [-0.4, -0.2) is 16.7 Å². The van der Waals surface area contributed by atoms with Crippen LogP contribution in [0.5, 0.6) is 0 Å². The molecule has 4 nitrogen and oxygen atoms in total. The molecule has 2 aromatic carbocycles. The second kappa shape index (κ2) is 6.02. The lowest BCUT2D eigenvalue weighted by atomic mass is 10.1. The highest BCUT2D eigenvalue weighted by Gasteiger charge is 2.09. The fourth-order valence-corrected chi connectivity index (χ4v) is 2.29. The van der Waals surface area contributed by atoms with Gasteiger partial charge < -0.3 is 5.32 Å². The van der Waals surface area contributed by atoms with Gasteiger partial charge in [-0.15, -0.1) is 10.2 Å². The molecule has 0 saturated carbocycles. The minimum absolute atomic E-state index is 0.335. The average Bonchev–Trinajstić information content (AvgIpc) is 2.56. The van der Waals surface area contributed by atoms with Crippen molar-refractivity contribution in [2.75, 3.05) is 11.9 Å². The molecule has 0 aliphatic carbocycles. The second-order valence-electron chi connectivity index (χ2n) is 4.71. The molecule has 0 bridgehead atoms. The Labute approximate surface area is 123 Å². The van der Waals surface area contributed by atoms with E-state index in [4.69, 9.17) is 0 Å². The molecule has 0 fully saturated rings. The Kier molecular flexibility index (Phi) is 3.74. The summed E-state index contributed by atoms with van der Waals surface area (Å²) in [7, 11) is 0. The molecule has 0 aliphatic rings. The Morgan fingerprint density at radius 1 is 0.952 bits per heavy atom. The smallest absolute Gasteiger partial charge is 0.186 e. The molecular formula is C17H14N4. The summed E-state index contributed by atoms with van der Waals surface area (Å²) in [6, 6.07) is 20.0. The minimum Gasteiger partial charge on any atom is -0.382 e. The number of hydrogen-bond acceptors (Lipinski definition) is 4. The van der Waals surface area contributed by atoms with Gasteiger partial charge >= 0.3 is 0 Å². The van der Waals surface area contributed by atoms with Gasteiger partial charge in [0, 0.05) is 11.9 Å². The van der Waals surface area contributed by atoms with Crippen LogP contribution in [-0.2, 0) is 6.42 Å². The van der Waals surface area contributed by atoms with Crippen LogP contribution in [0.3, 0.4) is 0 Å². The first-order valence-electron chi connectivity index (χ1n) is 6.82. The lowest BCUT2D eigenvalue weighted by Crippen LogP contribution is -2.08. The molecule has 21 heavy (non-hydrogen) atoms. The molecule has 4 heteroatoms. The topological polar surface area (TPSA) is 61.6 Å². The zero-order valence-corrected chi connectivity index (χ0v) is 11.5. The predicted octanol–water partition coefficient (Wildman–Crippen LogP) is 3.16. The SMILES string of the molecule is N#Cc1nnc2ccccc2c1NCCc1ccccc1. The Hall–Kier alpha value is -2.93. The molecule has 3 aromatic rings. The van der Waals surface area contributed by atoms with E-state index >= 15 is 0 Å². The van der Waals surface area contributed by atoms with Crippen LogP contribution in [0, 0.1) is 11.3 Å². The Bertz CT molecular complexity index is 791. The van der Waals surface area contributed by atoms with Crippen LogP contribution in [0.2, 0.25) is 0 Å². The van der Waals surface area contributed by atoms with Gasteiger partial charge in [-0.2, -0.15) is 5.26 Å². The molecule has 0 aliphatic heterocycles. The third-order valence-corrected chi connectivity index (χ3v) is 3.33. The molecule has 1 aromatic heterocycles. The molecule has 3 rings (SSSR count). The fraction of sp³-hybridized carbons (Fsp3) is 0.118. The molecule has 1 heterocycles. The van der Waals surface area contributed by atoms with Crippen LogP contribution < -0.4 is 5.32 Å². The standard InChI is InChI=1S/C17H14N4/c18-12-16-17(14-8-4-5-9-15(14)20-21-16)19-11-10-13-6-2-1-3-7-13/h1-9H,10-11H2,(H,19,20). The zero-order valence-electron chi connectivity index (χ0n) is 11.5. The van der Waals surface area contributed by atoms with Crippen LogP contribution in [0.1, 0.15) is 11.3 Å². The molecule has 0 unspecified atom stereocenters. The van der Waals surface area contributed by atoms with Gasteiger partial charge in [0.2, 0.25) is 0 Å². The molecule has 0 atom stereocenters. The number of rotatable bonds is 4. The van der Waals surface area contributed by atoms with E-state index in [-0.39, 0.29) is 0 Å². The Balaban J connectivity index is 1.84. The quantitative estimate of drug-likeness (QED) is 0.793. The maximum Gasteiger partial charge on any atom is 0.186 e. The highest BCUT2D eigenvalue weighted by molar-refractivity contribution is 5.92. The van der Waals surface area contributed by atoms with Crippen molar-refractivity contribution in [2.45, 2.75) is 6.42 Å². The van der Waals surface area contributed by atoms with Crippen molar-refractivity contribution in [3.05, 3.63) is 65.9 Å². The van der Waals surface area contributed by atoms with Gasteiger partial charge in [0.05, 0.1) is 11.2 Å². The first-order chi connectivity index (χ1) is 10.4. The van der Waals surface area contributed by atoms with Crippen molar-refractivity contribution in [3.63, 3.8) is 0 Å². The number of fused-ring (bicyclic) bond motifs is 1. The van der Waals surface area contributed by atoms with Gasteiger partial charge in [-0.05, 0) is 18.1 Å². The monoisotopic (exact) mass is 274 g/mol. The number of aromatic nitrogens is 2. The first kappa shape index (κ1) is 13.1. The van der Waals surface area contributed by atoms with Crippen molar-refractivity contribution >= 4 is 16.6 Å². The predicted molar refractivity (Wildman–Crippen MR) is 82.9 cm³/mol. The van der Waals surface area contributed by atoms with Crippen LogP contribution in [0.25, 0.3) is 10.9 Å². The third-order valence-electron chi connectivity index (χ3n) is 3.33. The second-order valence-corrected chi connectivity index (χ2v) is 4.71. The number of hydrogen-bond donors (Lipinski definition) is 1. The number of nitrogens with zero attached hydrogens (tertiary/aromatic N) is 3. The van der Waals surface area contributed by atoms with Crippen LogP contribution in [0.4, 0.5) is 5.69 Å². The highest BCUT2D eigenvalue weighted by atomic mass is 15.1. The summed E-state index contributed by atoms with van der Waals surface area (Å²) in [5.74, 6) is 0. The molecule has 1 N–H and O–H groups in total. The maximum absolute atomic E-state index is 9.20. The number of benzene rings is 2. The first-order valence-corrected chi connectivity index (χ1v) is 6.82. The average molecular weight is 274 g/mol. The molecule has 102 valence electrons. The summed E-state index contributed by atoms with van der Waals surface area (Å²) in [6.07, 6.45) is 0.891. The van der Waals surface area contributed by atoms with E-state index in [0.717, 1.165) is 29.6 Å². The molecule has 0 saturated heterocycles. The van der Waals surface area contributed by atoms with E-state index in [2.05, 4.69) is 33.7 Å². The Morgan fingerprint density at radius 3 is 2.52 bits per heavy atom. The van der Waals surface area contributed by atoms with Crippen molar-refractivity contribution < 1.29 is 0 Å². The molecule has 0 spiro atoms. The van der Waals surface area contributed by atoms with E-state index in [9.17, 15) is 5.26 Å². The maximum atomic E-state index is 9.20. The highest BCUT2D eigenvalue weighted by Crippen LogP contribution is 2.23. The summed E-state index contributed by atoms with van der Waals surface area (Å²) < 4.78 is 0. The normalized spacial score (nSPS) is 10.2. The largest absolute Gasteiger partial charge is 0.382 e. The van der Waals surface area contributed by atoms with E-state index < -0.39 is 0 Å². The van der Waals surface area contributed by atoms with E-state index in [1.165, 1.54) is 5.56 Å². The summed E-state index contributed by atoms with van der Waals surface area (Å²) >= 11 is 0. The summed E-state index contributed by atoms with van der Waals surface area (Å²) in [4.78, 5) is 0. The van der Waals surface area contributed by atoms with Crippen molar-refractivity contribution in [1.82, 2.24) is 10.2 Å². The van der Waals surface area contributed by atoms with E-state index in [1.54, 1.807) is 0 Å². The van der Waals surface area contributed by atoms with Gasteiger partial charge in [-0.25, -0.2) is 0 Å². The van der Waals surface area contributed by atoms with Gasteiger partial charge in [-0.3, -0.25) is 0 Å². The van der Waals surface area contributed by atoms with Crippen LogP contribution in [0.15, 0.2) is 54.6 Å². The van der Waals surface area contributed by atoms with Crippen molar-refractivity contribution in [2.24, 2.45) is 0 Å². The lowest BCUT2D eigenvalue weighted by molar-refractivity contribution is 1.00. The summed E-state index contributed by atoms with van der Waals surface area (Å²) in [6.45, 7) is 0.744. The van der Waals surface area contributed by atoms with Gasteiger partial charge in [0.1, 0.15) is 6.07 Å². The van der Waals surface area contributed by atoms with Crippen molar-refractivity contribution in [1.29, 1.82) is 5.26 Å². The van der Waals surface area contributed by atoms with Gasteiger partial charge in [-0.1, -0.05) is 48.5 Å². The minimum atomic E-state index is 0.335. The molecule has 0 radical (unpaired) electrons. The zero-order chi connectivity index (χ0) is 14.5. The summed E-state index contributed by atoms with van der Waals surface area (Å²) in [5, 5.41) is 21.5. The van der Waals surface area contributed by atoms with E-state index in [1.807, 2.05) is 42.5 Å². The summed E-state index contributed by atoms with van der Waals surface area (Å²) in [5.41, 5.74) is 3.15. The number of nitrogens with one attached hydrogen (secondary N) is 1.